The van der Waals surface area contributed by atoms with Gasteiger partial charge < -0.3 is 5.32 Å². The lowest BCUT2D eigenvalue weighted by Gasteiger charge is -2.49. The molecule has 3 aliphatic rings. The molecule has 1 saturated heterocycles. The average Bonchev–Trinajstić information content (AvgIpc) is 2.57. The molecule has 2 aliphatic carbocycles. The number of rotatable bonds is 4. The molecule has 122 valence electrons. The monoisotopic (exact) mass is 292 g/mol. The lowest BCUT2D eigenvalue weighted by Crippen LogP contribution is -2.62. The molecule has 0 bridgehead atoms. The third kappa shape index (κ3) is 4.01. The number of nitrogens with one attached hydrogen (secondary N) is 1. The second kappa shape index (κ2) is 7.97. The van der Waals surface area contributed by atoms with Crippen molar-refractivity contribution in [3.05, 3.63) is 0 Å². The van der Waals surface area contributed by atoms with Crippen molar-refractivity contribution in [3.8, 4) is 0 Å². The summed E-state index contributed by atoms with van der Waals surface area (Å²) in [5.41, 5.74) is 0. The lowest BCUT2D eigenvalue weighted by atomic mass is 9.80. The number of hydrogen-bond donors (Lipinski definition) is 1. The van der Waals surface area contributed by atoms with Crippen LogP contribution >= 0.6 is 0 Å². The summed E-state index contributed by atoms with van der Waals surface area (Å²) >= 11 is 0. The minimum atomic E-state index is 0.761. The van der Waals surface area contributed by atoms with E-state index >= 15 is 0 Å². The van der Waals surface area contributed by atoms with Gasteiger partial charge in [0.15, 0.2) is 0 Å². The molecule has 0 radical (unpaired) electrons. The van der Waals surface area contributed by atoms with E-state index in [4.69, 9.17) is 0 Å². The first kappa shape index (κ1) is 15.8. The highest BCUT2D eigenvalue weighted by atomic mass is 15.3. The van der Waals surface area contributed by atoms with Crippen molar-refractivity contribution in [2.75, 3.05) is 13.1 Å². The molecule has 0 aromatic heterocycles. The molecule has 2 unspecified atom stereocenters. The van der Waals surface area contributed by atoms with E-state index in [0.717, 1.165) is 24.0 Å². The van der Waals surface area contributed by atoms with E-state index in [1.807, 2.05) is 0 Å². The Morgan fingerprint density at radius 1 is 0.905 bits per heavy atom. The molecule has 2 saturated carbocycles. The quantitative estimate of drug-likeness (QED) is 0.829. The van der Waals surface area contributed by atoms with E-state index in [-0.39, 0.29) is 0 Å². The van der Waals surface area contributed by atoms with E-state index in [1.54, 1.807) is 0 Å². The van der Waals surface area contributed by atoms with E-state index < -0.39 is 0 Å². The Bertz CT molecular complexity index is 292. The van der Waals surface area contributed by atoms with Crippen LogP contribution in [0.5, 0.6) is 0 Å². The van der Waals surface area contributed by atoms with Crippen LogP contribution in [0.2, 0.25) is 0 Å². The fourth-order valence-corrected chi connectivity index (χ4v) is 5.19. The number of piperazine rings is 1. The fourth-order valence-electron chi connectivity index (χ4n) is 5.19. The van der Waals surface area contributed by atoms with E-state index in [9.17, 15) is 0 Å². The first-order valence-electron chi connectivity index (χ1n) is 9.87. The van der Waals surface area contributed by atoms with Crippen molar-refractivity contribution in [2.24, 2.45) is 5.92 Å². The molecule has 3 rings (SSSR count). The van der Waals surface area contributed by atoms with Crippen LogP contribution in [0.4, 0.5) is 0 Å². The number of hydrogen-bond acceptors (Lipinski definition) is 2. The minimum absolute atomic E-state index is 0.761. The Labute approximate surface area is 132 Å². The van der Waals surface area contributed by atoms with Crippen molar-refractivity contribution in [3.63, 3.8) is 0 Å². The maximum Gasteiger partial charge on any atom is 0.0252 e. The predicted octanol–water partition coefficient (Wildman–Crippen LogP) is 4.34. The minimum Gasteiger partial charge on any atom is -0.311 e. The predicted molar refractivity (Wildman–Crippen MR) is 90.6 cm³/mol. The summed E-state index contributed by atoms with van der Waals surface area (Å²) in [5, 5.41) is 3.89. The molecule has 2 nitrogen and oxygen atoms in total. The van der Waals surface area contributed by atoms with Gasteiger partial charge >= 0.3 is 0 Å². The molecule has 1 heterocycles. The van der Waals surface area contributed by atoms with E-state index in [1.165, 1.54) is 90.1 Å². The normalized spacial score (nSPS) is 34.1. The SMILES string of the molecule is CCCC1CN(C2CCCCC2)C(C2CCCCC2)CN1. The highest BCUT2D eigenvalue weighted by Crippen LogP contribution is 2.34. The molecule has 0 aromatic carbocycles. The smallest absolute Gasteiger partial charge is 0.0252 e. The molecule has 21 heavy (non-hydrogen) atoms. The summed E-state index contributed by atoms with van der Waals surface area (Å²) in [6.07, 6.45) is 17.5. The molecule has 0 spiro atoms. The average molecular weight is 293 g/mol. The molecule has 2 heteroatoms. The summed E-state index contributed by atoms with van der Waals surface area (Å²) in [6.45, 7) is 4.94. The van der Waals surface area contributed by atoms with Crippen LogP contribution in [-0.2, 0) is 0 Å². The van der Waals surface area contributed by atoms with Crippen molar-refractivity contribution < 1.29 is 0 Å². The molecule has 0 aromatic rings. The second-order valence-corrected chi connectivity index (χ2v) is 7.85. The second-order valence-electron chi connectivity index (χ2n) is 7.85. The highest BCUT2D eigenvalue weighted by Gasteiger charge is 2.37. The third-order valence-electron chi connectivity index (χ3n) is 6.35. The van der Waals surface area contributed by atoms with Gasteiger partial charge in [-0.25, -0.2) is 0 Å². The largest absolute Gasteiger partial charge is 0.311 e. The van der Waals surface area contributed by atoms with Gasteiger partial charge in [0.2, 0.25) is 0 Å². The lowest BCUT2D eigenvalue weighted by molar-refractivity contribution is 0.0202. The zero-order chi connectivity index (χ0) is 14.5. The van der Waals surface area contributed by atoms with E-state index in [2.05, 4.69) is 17.1 Å². The summed E-state index contributed by atoms with van der Waals surface area (Å²) < 4.78 is 0. The zero-order valence-electron chi connectivity index (χ0n) is 14.2. The first-order chi connectivity index (χ1) is 10.4. The molecule has 3 fully saturated rings. The van der Waals surface area contributed by atoms with Crippen LogP contribution in [-0.4, -0.2) is 36.1 Å². The molecular formula is C19H36N2. The van der Waals surface area contributed by atoms with Gasteiger partial charge in [-0.05, 0) is 38.0 Å². The summed E-state index contributed by atoms with van der Waals surface area (Å²) in [5.74, 6) is 0.982. The topological polar surface area (TPSA) is 15.3 Å². The molecule has 1 aliphatic heterocycles. The Hall–Kier alpha value is -0.0800. The van der Waals surface area contributed by atoms with Gasteiger partial charge in [0.05, 0.1) is 0 Å². The van der Waals surface area contributed by atoms with Crippen molar-refractivity contribution >= 4 is 0 Å². The van der Waals surface area contributed by atoms with Gasteiger partial charge in [0.25, 0.3) is 0 Å². The summed E-state index contributed by atoms with van der Waals surface area (Å²) in [6, 6.07) is 2.52. The Morgan fingerprint density at radius 2 is 1.57 bits per heavy atom. The van der Waals surface area contributed by atoms with Gasteiger partial charge in [-0.2, -0.15) is 0 Å². The maximum absolute atomic E-state index is 3.89. The van der Waals surface area contributed by atoms with Crippen molar-refractivity contribution in [1.82, 2.24) is 10.2 Å². The number of nitrogens with zero attached hydrogens (tertiary/aromatic N) is 1. The van der Waals surface area contributed by atoms with Crippen LogP contribution in [0, 0.1) is 5.92 Å². The van der Waals surface area contributed by atoms with Gasteiger partial charge in [-0.1, -0.05) is 51.9 Å². The van der Waals surface area contributed by atoms with E-state index in [0.29, 0.717) is 0 Å². The Morgan fingerprint density at radius 3 is 2.24 bits per heavy atom. The first-order valence-corrected chi connectivity index (χ1v) is 9.87. The zero-order valence-corrected chi connectivity index (χ0v) is 14.2. The van der Waals surface area contributed by atoms with Gasteiger partial charge in [-0.15, -0.1) is 0 Å². The van der Waals surface area contributed by atoms with Crippen LogP contribution in [0.15, 0.2) is 0 Å². The van der Waals surface area contributed by atoms with Crippen LogP contribution in [0.1, 0.15) is 84.0 Å². The van der Waals surface area contributed by atoms with Crippen molar-refractivity contribution in [2.45, 2.75) is 102 Å². The maximum atomic E-state index is 3.89. The molecule has 1 N–H and O–H groups in total. The van der Waals surface area contributed by atoms with Gasteiger partial charge in [-0.3, -0.25) is 4.90 Å². The van der Waals surface area contributed by atoms with Gasteiger partial charge in [0, 0.05) is 31.2 Å². The highest BCUT2D eigenvalue weighted by molar-refractivity contribution is 4.94. The van der Waals surface area contributed by atoms with Crippen LogP contribution in [0.3, 0.4) is 0 Å². The third-order valence-corrected chi connectivity index (χ3v) is 6.35. The standard InChI is InChI=1S/C19H36N2/c1-2-9-17-15-21(18-12-7-4-8-13-18)19(14-20-17)16-10-5-3-6-11-16/h16-20H,2-15H2,1H3. The van der Waals surface area contributed by atoms with Crippen LogP contribution < -0.4 is 5.32 Å². The Kier molecular flexibility index (Phi) is 5.99. The summed E-state index contributed by atoms with van der Waals surface area (Å²) in [7, 11) is 0. The van der Waals surface area contributed by atoms with Crippen LogP contribution in [0.25, 0.3) is 0 Å². The van der Waals surface area contributed by atoms with Crippen molar-refractivity contribution in [1.29, 1.82) is 0 Å². The fraction of sp³-hybridized carbons (Fsp3) is 1.00. The Balaban J connectivity index is 1.66. The molecular weight excluding hydrogens is 256 g/mol. The molecule has 0 amide bonds. The summed E-state index contributed by atoms with van der Waals surface area (Å²) in [4.78, 5) is 2.99. The van der Waals surface area contributed by atoms with Gasteiger partial charge in [0.1, 0.15) is 0 Å². The molecule has 2 atom stereocenters.